The predicted octanol–water partition coefficient (Wildman–Crippen LogP) is 4.43. The highest BCUT2D eigenvalue weighted by atomic mass is 32.2. The molecule has 0 saturated heterocycles. The zero-order valence-electron chi connectivity index (χ0n) is 18.7. The van der Waals surface area contributed by atoms with Gasteiger partial charge >= 0.3 is 0 Å². The van der Waals surface area contributed by atoms with Crippen LogP contribution in [-0.4, -0.2) is 41.0 Å². The molecule has 0 bridgehead atoms. The molecule has 0 radical (unpaired) electrons. The second-order valence-electron chi connectivity index (χ2n) is 7.62. The third-order valence-electron chi connectivity index (χ3n) is 5.36. The molecule has 2 amide bonds. The lowest BCUT2D eigenvalue weighted by Gasteiger charge is -2.29. The van der Waals surface area contributed by atoms with E-state index >= 15 is 0 Å². The van der Waals surface area contributed by atoms with E-state index in [2.05, 4.69) is 17.6 Å². The molecule has 1 aromatic heterocycles. The van der Waals surface area contributed by atoms with Crippen LogP contribution in [0.5, 0.6) is 5.75 Å². The van der Waals surface area contributed by atoms with Crippen LogP contribution in [-0.2, 0) is 22.6 Å². The highest BCUT2D eigenvalue weighted by molar-refractivity contribution is 8.00. The molecule has 3 aromatic rings. The number of ether oxygens (including phenoxy) is 1. The zero-order chi connectivity index (χ0) is 23.2. The minimum Gasteiger partial charge on any atom is -0.494 e. The number of aromatic nitrogens is 1. The summed E-state index contributed by atoms with van der Waals surface area (Å²) in [7, 11) is 0. The number of aryl methyl sites for hydroxylation is 1. The summed E-state index contributed by atoms with van der Waals surface area (Å²) in [6.07, 6.45) is 3.74. The van der Waals surface area contributed by atoms with Gasteiger partial charge < -0.3 is 14.2 Å². The topological polar surface area (TPSA) is 63.9 Å². The second kappa shape index (κ2) is 10.9. The number of carbonyl (C=O) groups is 2. The zero-order valence-corrected chi connectivity index (χ0v) is 20.3. The minimum absolute atomic E-state index is 0.0342. The summed E-state index contributed by atoms with van der Waals surface area (Å²) in [6, 6.07) is 13.9. The average molecular weight is 482 g/mol. The molecule has 0 atom stereocenters. The van der Waals surface area contributed by atoms with Crippen molar-refractivity contribution in [1.29, 1.82) is 0 Å². The predicted molar refractivity (Wildman–Crippen MR) is 136 cm³/mol. The van der Waals surface area contributed by atoms with Gasteiger partial charge in [0, 0.05) is 18.8 Å². The maximum Gasteiger partial charge on any atom is 0.258 e. The molecule has 0 saturated carbocycles. The van der Waals surface area contributed by atoms with E-state index in [1.165, 1.54) is 28.7 Å². The number of nitrogens with zero attached hydrogens (tertiary/aromatic N) is 3. The second-order valence-corrected chi connectivity index (χ2v) is 9.62. The van der Waals surface area contributed by atoms with Crippen molar-refractivity contribution in [2.75, 3.05) is 29.6 Å². The van der Waals surface area contributed by atoms with Crippen molar-refractivity contribution in [2.45, 2.75) is 26.3 Å². The Kier molecular flexibility index (Phi) is 7.67. The molecular formula is C25H27N3O3S2. The number of amides is 2. The van der Waals surface area contributed by atoms with E-state index in [1.54, 1.807) is 6.08 Å². The van der Waals surface area contributed by atoms with Crippen LogP contribution in [0.1, 0.15) is 18.9 Å². The number of hydrogen-bond donors (Lipinski definition) is 0. The van der Waals surface area contributed by atoms with Gasteiger partial charge in [-0.3, -0.25) is 9.59 Å². The van der Waals surface area contributed by atoms with Crippen LogP contribution in [0.2, 0.25) is 0 Å². The number of carbonyl (C=O) groups excluding carboxylic acids is 2. The maximum absolute atomic E-state index is 12.8. The van der Waals surface area contributed by atoms with Crippen LogP contribution in [0.3, 0.4) is 0 Å². The summed E-state index contributed by atoms with van der Waals surface area (Å²) in [5, 5.41) is 0. The summed E-state index contributed by atoms with van der Waals surface area (Å²) in [5.74, 6) is 0.997. The van der Waals surface area contributed by atoms with Crippen molar-refractivity contribution in [3.8, 4) is 5.75 Å². The van der Waals surface area contributed by atoms with E-state index in [-0.39, 0.29) is 23.3 Å². The van der Waals surface area contributed by atoms with Crippen LogP contribution in [0.4, 0.5) is 5.69 Å². The van der Waals surface area contributed by atoms with Gasteiger partial charge in [-0.25, -0.2) is 0 Å². The van der Waals surface area contributed by atoms with Crippen molar-refractivity contribution >= 4 is 50.8 Å². The minimum atomic E-state index is -0.249. The van der Waals surface area contributed by atoms with Gasteiger partial charge in [0.15, 0.2) is 4.80 Å². The van der Waals surface area contributed by atoms with E-state index in [0.29, 0.717) is 18.0 Å². The molecule has 0 aliphatic carbocycles. The molecule has 0 unspecified atom stereocenters. The average Bonchev–Trinajstić information content (AvgIpc) is 3.15. The lowest BCUT2D eigenvalue weighted by Crippen LogP contribution is -2.36. The van der Waals surface area contributed by atoms with Crippen molar-refractivity contribution in [2.24, 2.45) is 4.99 Å². The van der Waals surface area contributed by atoms with Gasteiger partial charge in [0.25, 0.3) is 5.91 Å². The van der Waals surface area contributed by atoms with E-state index in [0.717, 1.165) is 41.0 Å². The van der Waals surface area contributed by atoms with Crippen LogP contribution < -0.4 is 14.4 Å². The first-order valence-electron chi connectivity index (χ1n) is 11.0. The Bertz CT molecular complexity index is 1250. The Morgan fingerprint density at radius 3 is 2.91 bits per heavy atom. The lowest BCUT2D eigenvalue weighted by molar-refractivity contribution is -0.116. The smallest absolute Gasteiger partial charge is 0.258 e. The molecule has 2 heterocycles. The molecule has 4 rings (SSSR count). The van der Waals surface area contributed by atoms with E-state index < -0.39 is 0 Å². The summed E-state index contributed by atoms with van der Waals surface area (Å²) in [4.78, 5) is 32.2. The van der Waals surface area contributed by atoms with E-state index in [1.807, 2.05) is 52.8 Å². The van der Waals surface area contributed by atoms with Gasteiger partial charge in [-0.1, -0.05) is 35.6 Å². The lowest BCUT2D eigenvalue weighted by atomic mass is 10.0. The number of thioether (sulfide) groups is 1. The van der Waals surface area contributed by atoms with Gasteiger partial charge in [0.2, 0.25) is 5.91 Å². The van der Waals surface area contributed by atoms with E-state index in [4.69, 9.17) is 4.74 Å². The fourth-order valence-corrected chi connectivity index (χ4v) is 5.69. The largest absolute Gasteiger partial charge is 0.494 e. The summed E-state index contributed by atoms with van der Waals surface area (Å²) in [6.45, 7) is 7.65. The standard InChI is InChI=1S/C25H27N3O3S2/c1-3-13-28-21-12-11-19(31-4-2)15-22(21)33-25(28)26-23(29)16-32-17-24(30)27-14-7-9-18-8-5-6-10-20(18)27/h3,5-6,8,10-12,15H,1,4,7,9,13-14,16-17H2,2H3. The number of allylic oxidation sites excluding steroid dienone is 1. The Morgan fingerprint density at radius 2 is 2.09 bits per heavy atom. The first kappa shape index (κ1) is 23.3. The van der Waals surface area contributed by atoms with Crippen LogP contribution >= 0.6 is 23.1 Å². The van der Waals surface area contributed by atoms with Gasteiger partial charge in [0.05, 0.1) is 28.3 Å². The molecule has 1 aliphatic heterocycles. The normalized spacial score (nSPS) is 13.7. The number of fused-ring (bicyclic) bond motifs is 2. The van der Waals surface area contributed by atoms with E-state index in [9.17, 15) is 9.59 Å². The summed E-state index contributed by atoms with van der Waals surface area (Å²) >= 11 is 2.76. The molecule has 0 N–H and O–H groups in total. The Balaban J connectivity index is 1.44. The number of benzene rings is 2. The van der Waals surface area contributed by atoms with Crippen molar-refractivity contribution in [3.63, 3.8) is 0 Å². The number of anilines is 1. The van der Waals surface area contributed by atoms with Crippen molar-refractivity contribution in [1.82, 2.24) is 4.57 Å². The molecule has 6 nitrogen and oxygen atoms in total. The maximum atomic E-state index is 12.8. The molecule has 8 heteroatoms. The Labute approximate surface area is 201 Å². The highest BCUT2D eigenvalue weighted by Gasteiger charge is 2.22. The Morgan fingerprint density at radius 1 is 1.24 bits per heavy atom. The summed E-state index contributed by atoms with van der Waals surface area (Å²) < 4.78 is 8.57. The quantitative estimate of drug-likeness (QED) is 0.447. The van der Waals surface area contributed by atoms with Crippen molar-refractivity contribution < 1.29 is 14.3 Å². The SMILES string of the molecule is C=CCn1c(=NC(=O)CSCC(=O)N2CCCc3ccccc32)sc2cc(OCC)ccc21. The summed E-state index contributed by atoms with van der Waals surface area (Å²) in [5.41, 5.74) is 3.19. The third kappa shape index (κ3) is 5.39. The fourth-order valence-electron chi connectivity index (χ4n) is 3.94. The molecule has 2 aromatic carbocycles. The molecule has 172 valence electrons. The van der Waals surface area contributed by atoms with Crippen molar-refractivity contribution in [3.05, 3.63) is 65.5 Å². The molecule has 33 heavy (non-hydrogen) atoms. The first-order chi connectivity index (χ1) is 16.1. The van der Waals surface area contributed by atoms with Crippen LogP contribution in [0.25, 0.3) is 10.2 Å². The van der Waals surface area contributed by atoms with Crippen LogP contribution in [0, 0.1) is 0 Å². The van der Waals surface area contributed by atoms with Gasteiger partial charge in [0.1, 0.15) is 5.75 Å². The van der Waals surface area contributed by atoms with Gasteiger partial charge in [-0.15, -0.1) is 18.3 Å². The van der Waals surface area contributed by atoms with Gasteiger partial charge in [-0.05, 0) is 49.6 Å². The highest BCUT2D eigenvalue weighted by Crippen LogP contribution is 2.27. The molecular weight excluding hydrogens is 454 g/mol. The molecule has 1 aliphatic rings. The number of rotatable bonds is 8. The fraction of sp³-hybridized carbons (Fsp3) is 0.320. The first-order valence-corrected chi connectivity index (χ1v) is 13.0. The third-order valence-corrected chi connectivity index (χ3v) is 7.30. The number of hydrogen-bond acceptors (Lipinski definition) is 5. The Hall–Kier alpha value is -2.84. The number of thiazole rings is 1. The monoisotopic (exact) mass is 481 g/mol. The number of para-hydroxylation sites is 1. The molecule has 0 fully saturated rings. The van der Waals surface area contributed by atoms with Crippen LogP contribution in [0.15, 0.2) is 60.1 Å². The van der Waals surface area contributed by atoms with Gasteiger partial charge in [-0.2, -0.15) is 4.99 Å². The molecule has 0 spiro atoms.